The van der Waals surface area contributed by atoms with E-state index in [2.05, 4.69) is 55.7 Å². The van der Waals surface area contributed by atoms with Crippen LogP contribution in [0.25, 0.3) is 0 Å². The summed E-state index contributed by atoms with van der Waals surface area (Å²) in [7, 11) is 0. The number of hydrogen-bond donors (Lipinski definition) is 0. The summed E-state index contributed by atoms with van der Waals surface area (Å²) < 4.78 is 7.83. The molecule has 3 heterocycles. The predicted molar refractivity (Wildman–Crippen MR) is 110 cm³/mol. The third-order valence-electron chi connectivity index (χ3n) is 6.88. The summed E-state index contributed by atoms with van der Waals surface area (Å²) in [6.45, 7) is 6.00. The van der Waals surface area contributed by atoms with Crippen molar-refractivity contribution in [1.82, 2.24) is 30.0 Å². The topological polar surface area (TPSA) is 59.3 Å². The molecule has 1 aromatic carbocycles. The molecule has 1 saturated carbocycles. The van der Waals surface area contributed by atoms with E-state index in [4.69, 9.17) is 4.74 Å². The number of ether oxygens (including phenoxy) is 1. The summed E-state index contributed by atoms with van der Waals surface area (Å²) in [5, 5.41) is 12.9. The van der Waals surface area contributed by atoms with Crippen LogP contribution in [0.4, 0.5) is 0 Å². The molecule has 7 nitrogen and oxygen atoms in total. The van der Waals surface area contributed by atoms with Crippen LogP contribution in [0.15, 0.2) is 30.3 Å². The highest BCUT2D eigenvalue weighted by molar-refractivity contribution is 5.25. The van der Waals surface area contributed by atoms with Crippen LogP contribution in [0.3, 0.4) is 0 Å². The molecular weight excluding hydrogens is 364 g/mol. The third-order valence-corrected chi connectivity index (χ3v) is 6.88. The SMILES string of the molecule is c1ccc(C(c2nnnn2CC2CCCO2)N2CCN(C3CCCC3)CC2)cc1. The van der Waals surface area contributed by atoms with Crippen molar-refractivity contribution in [2.75, 3.05) is 32.8 Å². The zero-order valence-electron chi connectivity index (χ0n) is 17.2. The Bertz CT molecular complexity index is 761. The zero-order valence-corrected chi connectivity index (χ0v) is 17.2. The molecule has 0 spiro atoms. The van der Waals surface area contributed by atoms with Crippen LogP contribution in [0.2, 0.25) is 0 Å². The van der Waals surface area contributed by atoms with E-state index in [0.29, 0.717) is 0 Å². The Balaban J connectivity index is 1.36. The molecule has 0 radical (unpaired) electrons. The summed E-state index contributed by atoms with van der Waals surface area (Å²) in [5.74, 6) is 0.945. The fourth-order valence-electron chi connectivity index (χ4n) is 5.31. The van der Waals surface area contributed by atoms with Crippen LogP contribution in [-0.2, 0) is 11.3 Å². The molecule has 2 unspecified atom stereocenters. The zero-order chi connectivity index (χ0) is 19.5. The van der Waals surface area contributed by atoms with Crippen LogP contribution in [0.1, 0.15) is 56.0 Å². The summed E-state index contributed by atoms with van der Waals surface area (Å²) in [5.41, 5.74) is 1.27. The maximum Gasteiger partial charge on any atom is 0.173 e. The minimum absolute atomic E-state index is 0.0957. The smallest absolute Gasteiger partial charge is 0.173 e. The van der Waals surface area contributed by atoms with Crippen LogP contribution in [0, 0.1) is 0 Å². The second-order valence-electron chi connectivity index (χ2n) is 8.68. The number of aromatic nitrogens is 4. The van der Waals surface area contributed by atoms with E-state index in [9.17, 15) is 0 Å². The van der Waals surface area contributed by atoms with Crippen molar-refractivity contribution in [2.45, 2.75) is 63.3 Å². The highest BCUT2D eigenvalue weighted by atomic mass is 16.5. The van der Waals surface area contributed by atoms with E-state index in [1.165, 1.54) is 31.2 Å². The molecule has 2 atom stereocenters. The molecule has 29 heavy (non-hydrogen) atoms. The number of nitrogens with zero attached hydrogens (tertiary/aromatic N) is 6. The molecule has 3 fully saturated rings. The average molecular weight is 397 g/mol. The first-order chi connectivity index (χ1) is 14.4. The maximum atomic E-state index is 5.85. The number of rotatable bonds is 6. The van der Waals surface area contributed by atoms with Crippen LogP contribution in [-0.4, -0.2) is 74.9 Å². The Kier molecular flexibility index (Phi) is 5.88. The monoisotopic (exact) mass is 396 g/mol. The molecule has 0 bridgehead atoms. The van der Waals surface area contributed by atoms with Gasteiger partial charge in [-0.25, -0.2) is 4.68 Å². The van der Waals surface area contributed by atoms with Crippen molar-refractivity contribution in [3.63, 3.8) is 0 Å². The van der Waals surface area contributed by atoms with Gasteiger partial charge in [0, 0.05) is 38.8 Å². The molecule has 1 aromatic heterocycles. The van der Waals surface area contributed by atoms with Gasteiger partial charge in [-0.2, -0.15) is 0 Å². The maximum absolute atomic E-state index is 5.85. The lowest BCUT2D eigenvalue weighted by molar-refractivity contribution is 0.0720. The number of piperazine rings is 1. The lowest BCUT2D eigenvalue weighted by atomic mass is 10.0. The van der Waals surface area contributed by atoms with Crippen LogP contribution < -0.4 is 0 Å². The van der Waals surface area contributed by atoms with E-state index < -0.39 is 0 Å². The van der Waals surface area contributed by atoms with Crippen molar-refractivity contribution in [1.29, 1.82) is 0 Å². The molecule has 7 heteroatoms. The Morgan fingerprint density at radius 2 is 1.76 bits per heavy atom. The molecule has 5 rings (SSSR count). The highest BCUT2D eigenvalue weighted by Crippen LogP contribution is 2.30. The number of tetrazole rings is 1. The number of hydrogen-bond acceptors (Lipinski definition) is 6. The Labute approximate surface area is 173 Å². The molecule has 2 saturated heterocycles. The lowest BCUT2D eigenvalue weighted by Gasteiger charge is -2.41. The normalized spacial score (nSPS) is 25.6. The molecule has 2 aliphatic heterocycles. The molecule has 2 aromatic rings. The van der Waals surface area contributed by atoms with Crippen molar-refractivity contribution < 1.29 is 4.74 Å². The van der Waals surface area contributed by atoms with Crippen molar-refractivity contribution in [3.8, 4) is 0 Å². The van der Waals surface area contributed by atoms with E-state index >= 15 is 0 Å². The first-order valence-electron chi connectivity index (χ1n) is 11.3. The quantitative estimate of drug-likeness (QED) is 0.748. The summed E-state index contributed by atoms with van der Waals surface area (Å²) in [6, 6.07) is 11.6. The predicted octanol–water partition coefficient (Wildman–Crippen LogP) is 2.50. The van der Waals surface area contributed by atoms with Gasteiger partial charge in [0.05, 0.1) is 18.7 Å². The van der Waals surface area contributed by atoms with E-state index in [0.717, 1.165) is 64.0 Å². The second-order valence-corrected chi connectivity index (χ2v) is 8.68. The highest BCUT2D eigenvalue weighted by Gasteiger charge is 2.33. The standard InChI is InChI=1S/C22H32N6O/c1-2-7-18(8-3-1)21(22-23-24-25-28(22)17-20-11-6-16-29-20)27-14-12-26(13-15-27)19-9-4-5-10-19/h1-3,7-8,19-21H,4-6,9-17H2. The van der Waals surface area contributed by atoms with Gasteiger partial charge >= 0.3 is 0 Å². The van der Waals surface area contributed by atoms with Crippen LogP contribution in [0.5, 0.6) is 0 Å². The minimum Gasteiger partial charge on any atom is -0.376 e. The first-order valence-corrected chi connectivity index (χ1v) is 11.3. The van der Waals surface area contributed by atoms with E-state index in [1.807, 2.05) is 4.68 Å². The van der Waals surface area contributed by atoms with E-state index in [1.54, 1.807) is 0 Å². The van der Waals surface area contributed by atoms with Crippen molar-refractivity contribution in [3.05, 3.63) is 41.7 Å². The number of benzene rings is 1. The fourth-order valence-corrected chi connectivity index (χ4v) is 5.31. The minimum atomic E-state index is 0.0957. The van der Waals surface area contributed by atoms with Gasteiger partial charge in [-0.15, -0.1) is 5.10 Å². The molecule has 3 aliphatic rings. The molecular formula is C22H32N6O. The molecule has 0 N–H and O–H groups in total. The van der Waals surface area contributed by atoms with Gasteiger partial charge in [-0.3, -0.25) is 9.80 Å². The van der Waals surface area contributed by atoms with Crippen molar-refractivity contribution in [2.24, 2.45) is 0 Å². The fraction of sp³-hybridized carbons (Fsp3) is 0.682. The Morgan fingerprint density at radius 3 is 2.48 bits per heavy atom. The average Bonchev–Trinajstić information content (AvgIpc) is 3.54. The van der Waals surface area contributed by atoms with Gasteiger partial charge in [0.2, 0.25) is 0 Å². The van der Waals surface area contributed by atoms with Gasteiger partial charge in [0.1, 0.15) is 0 Å². The summed E-state index contributed by atoms with van der Waals surface area (Å²) in [6.07, 6.45) is 8.00. The first kappa shape index (κ1) is 19.2. The molecule has 156 valence electrons. The van der Waals surface area contributed by atoms with Crippen molar-refractivity contribution >= 4 is 0 Å². The summed E-state index contributed by atoms with van der Waals surface area (Å²) >= 11 is 0. The van der Waals surface area contributed by atoms with Gasteiger partial charge in [0.15, 0.2) is 5.82 Å². The molecule has 1 aliphatic carbocycles. The summed E-state index contributed by atoms with van der Waals surface area (Å²) in [4.78, 5) is 5.28. The van der Waals surface area contributed by atoms with Gasteiger partial charge in [0.25, 0.3) is 0 Å². The van der Waals surface area contributed by atoms with E-state index in [-0.39, 0.29) is 12.1 Å². The second kappa shape index (κ2) is 8.90. The van der Waals surface area contributed by atoms with Gasteiger partial charge < -0.3 is 4.74 Å². The largest absolute Gasteiger partial charge is 0.376 e. The van der Waals surface area contributed by atoms with Crippen LogP contribution >= 0.6 is 0 Å². The van der Waals surface area contributed by atoms with Gasteiger partial charge in [-0.05, 0) is 41.7 Å². The van der Waals surface area contributed by atoms with Gasteiger partial charge in [-0.1, -0.05) is 43.2 Å². The molecule has 0 amide bonds. The Morgan fingerprint density at radius 1 is 0.966 bits per heavy atom. The lowest BCUT2D eigenvalue weighted by Crippen LogP contribution is -2.51. The third kappa shape index (κ3) is 4.22. The Hall–Kier alpha value is -1.83.